The number of halogens is 2. The largest absolute Gasteiger partial charge is 0.308 e. The third kappa shape index (κ3) is 3.92. The molecule has 0 atom stereocenters. The van der Waals surface area contributed by atoms with Gasteiger partial charge < -0.3 is 5.32 Å². The van der Waals surface area contributed by atoms with E-state index in [0.717, 1.165) is 20.3 Å². The second-order valence-electron chi connectivity index (χ2n) is 5.00. The molecule has 1 amide bonds. The van der Waals surface area contributed by atoms with Crippen LogP contribution in [0.3, 0.4) is 0 Å². The summed E-state index contributed by atoms with van der Waals surface area (Å²) in [4.78, 5) is 16.6. The highest BCUT2D eigenvalue weighted by Gasteiger charge is 2.11. The predicted octanol–water partition coefficient (Wildman–Crippen LogP) is 5.15. The topological polar surface area (TPSA) is 54.0 Å². The number of aromatic nitrogens is 1. The Kier molecular flexibility index (Phi) is 5.15. The van der Waals surface area contributed by atoms with Crippen LogP contribution in [0.2, 0.25) is 5.02 Å². The Bertz CT molecular complexity index is 901. The van der Waals surface area contributed by atoms with Crippen molar-refractivity contribution in [3.05, 3.63) is 57.0 Å². The molecular formula is C16H11BrClN3OS2. The number of nitrogens with one attached hydrogen (secondary N) is 2. The Morgan fingerprint density at radius 1 is 1.29 bits per heavy atom. The van der Waals surface area contributed by atoms with Crippen LogP contribution < -0.4 is 10.6 Å². The molecule has 1 aromatic heterocycles. The lowest BCUT2D eigenvalue weighted by Gasteiger charge is -2.07. The number of aryl methyl sites for hydroxylation is 1. The van der Waals surface area contributed by atoms with E-state index in [4.69, 9.17) is 23.8 Å². The molecule has 8 heteroatoms. The van der Waals surface area contributed by atoms with Crippen molar-refractivity contribution in [1.82, 2.24) is 10.3 Å². The van der Waals surface area contributed by atoms with Crippen LogP contribution in [0, 0.1) is 6.92 Å². The van der Waals surface area contributed by atoms with Gasteiger partial charge >= 0.3 is 0 Å². The first-order valence-electron chi connectivity index (χ1n) is 6.87. The van der Waals surface area contributed by atoms with E-state index in [1.165, 1.54) is 11.3 Å². The van der Waals surface area contributed by atoms with E-state index in [1.807, 2.05) is 19.1 Å². The Hall–Kier alpha value is -1.54. The lowest BCUT2D eigenvalue weighted by Crippen LogP contribution is -2.34. The summed E-state index contributed by atoms with van der Waals surface area (Å²) in [6, 6.07) is 10.8. The van der Waals surface area contributed by atoms with Gasteiger partial charge in [0.15, 0.2) is 10.2 Å². The fourth-order valence-corrected chi connectivity index (χ4v) is 3.63. The molecule has 0 aliphatic rings. The van der Waals surface area contributed by atoms with Crippen molar-refractivity contribution in [3.63, 3.8) is 0 Å². The minimum absolute atomic E-state index is 0.199. The van der Waals surface area contributed by atoms with Crippen LogP contribution >= 0.6 is 51.1 Å². The van der Waals surface area contributed by atoms with Gasteiger partial charge in [0.1, 0.15) is 0 Å². The van der Waals surface area contributed by atoms with Gasteiger partial charge in [-0.05, 0) is 61.1 Å². The number of carbonyl (C=O) groups is 1. The number of hydrogen-bond acceptors (Lipinski definition) is 4. The van der Waals surface area contributed by atoms with Crippen LogP contribution in [0.4, 0.5) is 5.13 Å². The van der Waals surface area contributed by atoms with Gasteiger partial charge in [0.05, 0.1) is 10.2 Å². The molecular weight excluding hydrogens is 430 g/mol. The van der Waals surface area contributed by atoms with E-state index in [9.17, 15) is 4.79 Å². The molecule has 3 aromatic rings. The van der Waals surface area contributed by atoms with Gasteiger partial charge in [-0.15, -0.1) is 0 Å². The molecule has 2 aromatic carbocycles. The van der Waals surface area contributed by atoms with Crippen LogP contribution in [0.5, 0.6) is 0 Å². The maximum atomic E-state index is 12.1. The molecule has 0 saturated carbocycles. The first-order valence-corrected chi connectivity index (χ1v) is 9.26. The van der Waals surface area contributed by atoms with E-state index in [2.05, 4.69) is 31.5 Å². The number of benzene rings is 2. The summed E-state index contributed by atoms with van der Waals surface area (Å²) in [5.41, 5.74) is 2.31. The lowest BCUT2D eigenvalue weighted by molar-refractivity contribution is 0.0977. The number of fused-ring (bicyclic) bond motifs is 1. The van der Waals surface area contributed by atoms with Crippen molar-refractivity contribution in [1.29, 1.82) is 0 Å². The molecule has 0 aliphatic carbocycles. The highest BCUT2D eigenvalue weighted by atomic mass is 79.9. The molecule has 2 N–H and O–H groups in total. The van der Waals surface area contributed by atoms with Gasteiger partial charge in [0, 0.05) is 15.1 Å². The zero-order valence-corrected chi connectivity index (χ0v) is 16.4. The number of carbonyl (C=O) groups excluding carboxylic acids is 1. The standard InChI is InChI=1S/C16H11BrClN3OS2/c1-8-6-13-12(7-11(8)18)19-16(24-13)21-15(23)20-14(22)9-2-4-10(17)5-3-9/h2-7H,1H3,(H2,19,20,21,22,23). The van der Waals surface area contributed by atoms with Crippen molar-refractivity contribution in [3.8, 4) is 0 Å². The fraction of sp³-hybridized carbons (Fsp3) is 0.0625. The Balaban J connectivity index is 1.70. The molecule has 1 heterocycles. The first-order chi connectivity index (χ1) is 11.4. The van der Waals surface area contributed by atoms with Gasteiger partial charge in [-0.3, -0.25) is 10.1 Å². The lowest BCUT2D eigenvalue weighted by atomic mass is 10.2. The van der Waals surface area contributed by atoms with E-state index in [1.54, 1.807) is 24.3 Å². The van der Waals surface area contributed by atoms with Crippen molar-refractivity contribution < 1.29 is 4.79 Å². The second-order valence-corrected chi connectivity index (χ2v) is 7.77. The number of thiazole rings is 1. The van der Waals surface area contributed by atoms with Gasteiger partial charge in [0.25, 0.3) is 5.91 Å². The number of hydrogen-bond donors (Lipinski definition) is 2. The highest BCUT2D eigenvalue weighted by Crippen LogP contribution is 2.30. The van der Waals surface area contributed by atoms with Crippen LogP contribution in [0.15, 0.2) is 40.9 Å². The molecule has 0 unspecified atom stereocenters. The molecule has 0 aliphatic heterocycles. The molecule has 3 rings (SSSR count). The molecule has 24 heavy (non-hydrogen) atoms. The number of rotatable bonds is 2. The molecule has 0 radical (unpaired) electrons. The third-order valence-corrected chi connectivity index (χ3v) is 5.30. The Morgan fingerprint density at radius 3 is 2.71 bits per heavy atom. The number of amides is 1. The normalized spacial score (nSPS) is 10.6. The van der Waals surface area contributed by atoms with Crippen molar-refractivity contribution in [2.45, 2.75) is 6.92 Å². The third-order valence-electron chi connectivity index (χ3n) is 3.22. The maximum absolute atomic E-state index is 12.1. The summed E-state index contributed by atoms with van der Waals surface area (Å²) in [5, 5.41) is 7.05. The van der Waals surface area contributed by atoms with E-state index in [-0.39, 0.29) is 11.0 Å². The Morgan fingerprint density at radius 2 is 2.00 bits per heavy atom. The van der Waals surface area contributed by atoms with Gasteiger partial charge in [-0.2, -0.15) is 0 Å². The minimum Gasteiger partial charge on any atom is -0.308 e. The maximum Gasteiger partial charge on any atom is 0.257 e. The number of anilines is 1. The summed E-state index contributed by atoms with van der Waals surface area (Å²) in [5.74, 6) is -0.278. The summed E-state index contributed by atoms with van der Waals surface area (Å²) < 4.78 is 1.91. The van der Waals surface area contributed by atoms with E-state index < -0.39 is 0 Å². The zero-order valence-electron chi connectivity index (χ0n) is 12.4. The second kappa shape index (κ2) is 7.14. The smallest absolute Gasteiger partial charge is 0.257 e. The van der Waals surface area contributed by atoms with E-state index >= 15 is 0 Å². The summed E-state index contributed by atoms with van der Waals surface area (Å²) in [6.45, 7) is 1.94. The number of thiocarbonyl (C=S) groups is 1. The Labute approximate surface area is 161 Å². The monoisotopic (exact) mass is 439 g/mol. The van der Waals surface area contributed by atoms with Crippen LogP contribution in [0.25, 0.3) is 10.2 Å². The molecule has 0 saturated heterocycles. The van der Waals surface area contributed by atoms with Gasteiger partial charge in [-0.1, -0.05) is 38.9 Å². The average molecular weight is 441 g/mol. The van der Waals surface area contributed by atoms with Crippen molar-refractivity contribution in [2.24, 2.45) is 0 Å². The van der Waals surface area contributed by atoms with Gasteiger partial charge in [-0.25, -0.2) is 4.98 Å². The fourth-order valence-electron chi connectivity index (χ4n) is 2.01. The van der Waals surface area contributed by atoms with Crippen LogP contribution in [0.1, 0.15) is 15.9 Å². The predicted molar refractivity (Wildman–Crippen MR) is 107 cm³/mol. The van der Waals surface area contributed by atoms with Crippen molar-refractivity contribution in [2.75, 3.05) is 5.32 Å². The summed E-state index contributed by atoms with van der Waals surface area (Å²) in [6.07, 6.45) is 0. The van der Waals surface area contributed by atoms with Gasteiger partial charge in [0.2, 0.25) is 0 Å². The molecule has 0 fully saturated rings. The van der Waals surface area contributed by atoms with Crippen molar-refractivity contribution >= 4 is 77.5 Å². The first kappa shape index (κ1) is 17.3. The number of nitrogens with zero attached hydrogens (tertiary/aromatic N) is 1. The molecule has 122 valence electrons. The van der Waals surface area contributed by atoms with Crippen LogP contribution in [-0.2, 0) is 0 Å². The SMILES string of the molecule is Cc1cc2sc(NC(=S)NC(=O)c3ccc(Br)cc3)nc2cc1Cl. The van der Waals surface area contributed by atoms with Crippen LogP contribution in [-0.4, -0.2) is 16.0 Å². The quantitative estimate of drug-likeness (QED) is 0.541. The molecule has 0 bridgehead atoms. The average Bonchev–Trinajstić information content (AvgIpc) is 2.89. The zero-order chi connectivity index (χ0) is 17.3. The molecule has 0 spiro atoms. The molecule has 4 nitrogen and oxygen atoms in total. The summed E-state index contributed by atoms with van der Waals surface area (Å²) in [7, 11) is 0. The minimum atomic E-state index is -0.278. The highest BCUT2D eigenvalue weighted by molar-refractivity contribution is 9.10. The van der Waals surface area contributed by atoms with E-state index in [0.29, 0.717) is 15.7 Å². The summed E-state index contributed by atoms with van der Waals surface area (Å²) >= 11 is 16.1.